The third-order valence-electron chi connectivity index (χ3n) is 7.59. The van der Waals surface area contributed by atoms with Gasteiger partial charge in [0, 0.05) is 42.6 Å². The van der Waals surface area contributed by atoms with Crippen molar-refractivity contribution < 1.29 is 9.59 Å². The minimum Gasteiger partial charge on any atom is -0.342 e. The summed E-state index contributed by atoms with van der Waals surface area (Å²) in [6.07, 6.45) is 8.83. The van der Waals surface area contributed by atoms with E-state index in [2.05, 4.69) is 4.90 Å². The van der Waals surface area contributed by atoms with Gasteiger partial charge >= 0.3 is 0 Å². The lowest BCUT2D eigenvalue weighted by Crippen LogP contribution is -2.43. The molecule has 0 bridgehead atoms. The van der Waals surface area contributed by atoms with Gasteiger partial charge in [-0.2, -0.15) is 0 Å². The zero-order chi connectivity index (χ0) is 22.8. The van der Waals surface area contributed by atoms with E-state index >= 15 is 0 Å². The predicted molar refractivity (Wildman–Crippen MR) is 128 cm³/mol. The number of benzene rings is 1. The Kier molecular flexibility index (Phi) is 6.43. The van der Waals surface area contributed by atoms with Gasteiger partial charge in [0.1, 0.15) is 11.6 Å². The highest BCUT2D eigenvalue weighted by atomic mass is 16.2. The van der Waals surface area contributed by atoms with Gasteiger partial charge in [0.2, 0.25) is 11.8 Å². The Hall–Kier alpha value is -2.76. The van der Waals surface area contributed by atoms with Crippen LogP contribution in [0.2, 0.25) is 0 Å². The summed E-state index contributed by atoms with van der Waals surface area (Å²) in [6, 6.07) is 10.1. The van der Waals surface area contributed by atoms with Gasteiger partial charge in [0.25, 0.3) is 0 Å². The molecular weight excluding hydrogens is 412 g/mol. The zero-order valence-electron chi connectivity index (χ0n) is 19.6. The van der Waals surface area contributed by atoms with Gasteiger partial charge in [0.15, 0.2) is 0 Å². The van der Waals surface area contributed by atoms with E-state index in [0.717, 1.165) is 60.7 Å². The molecule has 1 aromatic heterocycles. The standard InChI is InChI=1S/C27H34N4O2/c1-19-23-14-15-24(32)31(17-20-9-4-2-5-10-20)26(23)29-25(28-19)22-13-8-16-30(18-22)27(33)21-11-6-3-7-12-21/h2,4-5,9-10,21-22H,3,6-8,11-18H2,1H3/t22-/m0/s1. The number of nitrogens with zero attached hydrogens (tertiary/aromatic N) is 4. The van der Waals surface area contributed by atoms with Crippen LogP contribution in [0.15, 0.2) is 30.3 Å². The fourth-order valence-corrected chi connectivity index (χ4v) is 5.71. The molecule has 1 aromatic carbocycles. The van der Waals surface area contributed by atoms with Crippen molar-refractivity contribution in [2.45, 2.75) is 77.2 Å². The Morgan fingerprint density at radius 1 is 1.00 bits per heavy atom. The number of hydrogen-bond donors (Lipinski definition) is 0. The minimum atomic E-state index is 0.119. The molecule has 174 valence electrons. The molecule has 1 aliphatic carbocycles. The van der Waals surface area contributed by atoms with Crippen molar-refractivity contribution in [3.8, 4) is 0 Å². The van der Waals surface area contributed by atoms with Crippen molar-refractivity contribution in [1.29, 1.82) is 0 Å². The number of aromatic nitrogens is 2. The first-order valence-corrected chi connectivity index (χ1v) is 12.6. The average Bonchev–Trinajstić information content (AvgIpc) is 2.86. The number of piperidine rings is 1. The van der Waals surface area contributed by atoms with E-state index in [1.807, 2.05) is 42.2 Å². The number of hydrogen-bond acceptors (Lipinski definition) is 4. The highest BCUT2D eigenvalue weighted by Crippen LogP contribution is 2.34. The van der Waals surface area contributed by atoms with Crippen molar-refractivity contribution in [3.63, 3.8) is 0 Å². The number of rotatable bonds is 4. The van der Waals surface area contributed by atoms with Crippen LogP contribution in [0, 0.1) is 12.8 Å². The monoisotopic (exact) mass is 446 g/mol. The van der Waals surface area contributed by atoms with Crippen LogP contribution in [0.3, 0.4) is 0 Å². The van der Waals surface area contributed by atoms with Gasteiger partial charge in [-0.05, 0) is 44.6 Å². The molecule has 1 saturated carbocycles. The Balaban J connectivity index is 1.39. The molecular formula is C27H34N4O2. The molecule has 6 nitrogen and oxygen atoms in total. The van der Waals surface area contributed by atoms with Crippen molar-refractivity contribution >= 4 is 17.6 Å². The van der Waals surface area contributed by atoms with Gasteiger partial charge in [-0.3, -0.25) is 14.5 Å². The van der Waals surface area contributed by atoms with Gasteiger partial charge in [-0.15, -0.1) is 0 Å². The van der Waals surface area contributed by atoms with Crippen LogP contribution in [0.5, 0.6) is 0 Å². The first kappa shape index (κ1) is 22.1. The smallest absolute Gasteiger partial charge is 0.228 e. The number of aryl methyl sites for hydroxylation is 1. The molecule has 0 N–H and O–H groups in total. The Morgan fingerprint density at radius 2 is 1.79 bits per heavy atom. The summed E-state index contributed by atoms with van der Waals surface area (Å²) >= 11 is 0. The van der Waals surface area contributed by atoms with Gasteiger partial charge < -0.3 is 4.90 Å². The number of likely N-dealkylation sites (tertiary alicyclic amines) is 1. The molecule has 3 heterocycles. The van der Waals surface area contributed by atoms with Crippen LogP contribution in [0.4, 0.5) is 5.82 Å². The maximum absolute atomic E-state index is 13.2. The SMILES string of the molecule is Cc1nc([C@H]2CCCN(C(=O)C3CCCCC3)C2)nc2c1CCC(=O)N2Cc1ccccc1. The van der Waals surface area contributed by atoms with Crippen LogP contribution >= 0.6 is 0 Å². The van der Waals surface area contributed by atoms with Crippen LogP contribution < -0.4 is 4.90 Å². The van der Waals surface area contributed by atoms with Crippen LogP contribution in [-0.2, 0) is 22.6 Å². The lowest BCUT2D eigenvalue weighted by molar-refractivity contribution is -0.137. The second-order valence-corrected chi connectivity index (χ2v) is 9.89. The normalized spacial score (nSPS) is 21.7. The van der Waals surface area contributed by atoms with E-state index < -0.39 is 0 Å². The average molecular weight is 447 g/mol. The summed E-state index contributed by atoms with van der Waals surface area (Å²) < 4.78 is 0. The molecule has 2 aromatic rings. The van der Waals surface area contributed by atoms with Crippen molar-refractivity contribution in [2.75, 3.05) is 18.0 Å². The van der Waals surface area contributed by atoms with E-state index in [1.165, 1.54) is 19.3 Å². The number of amides is 2. The van der Waals surface area contributed by atoms with E-state index in [1.54, 1.807) is 0 Å². The van der Waals surface area contributed by atoms with Crippen LogP contribution in [-0.4, -0.2) is 39.8 Å². The fraction of sp³-hybridized carbons (Fsp3) is 0.556. The molecule has 0 unspecified atom stereocenters. The molecule has 1 saturated heterocycles. The maximum atomic E-state index is 13.2. The molecule has 0 radical (unpaired) electrons. The topological polar surface area (TPSA) is 66.4 Å². The van der Waals surface area contributed by atoms with Crippen LogP contribution in [0.1, 0.15) is 79.9 Å². The van der Waals surface area contributed by atoms with Gasteiger partial charge in [-0.25, -0.2) is 9.97 Å². The van der Waals surface area contributed by atoms with E-state index in [4.69, 9.17) is 9.97 Å². The molecule has 33 heavy (non-hydrogen) atoms. The number of anilines is 1. The molecule has 5 rings (SSSR count). The molecule has 2 fully saturated rings. The summed E-state index contributed by atoms with van der Waals surface area (Å²) in [5.41, 5.74) is 3.15. The van der Waals surface area contributed by atoms with Crippen molar-refractivity contribution in [3.05, 3.63) is 53.0 Å². The fourth-order valence-electron chi connectivity index (χ4n) is 5.71. The summed E-state index contributed by atoms with van der Waals surface area (Å²) in [7, 11) is 0. The van der Waals surface area contributed by atoms with Gasteiger partial charge in [-0.1, -0.05) is 49.6 Å². The lowest BCUT2D eigenvalue weighted by atomic mass is 9.87. The van der Waals surface area contributed by atoms with E-state index in [-0.39, 0.29) is 17.7 Å². The lowest BCUT2D eigenvalue weighted by Gasteiger charge is -2.36. The van der Waals surface area contributed by atoms with Crippen LogP contribution in [0.25, 0.3) is 0 Å². The summed E-state index contributed by atoms with van der Waals surface area (Å²) in [5.74, 6) is 2.34. The summed E-state index contributed by atoms with van der Waals surface area (Å²) in [6.45, 7) is 4.10. The number of carbonyl (C=O) groups excluding carboxylic acids is 2. The molecule has 1 atom stereocenters. The molecule has 3 aliphatic rings. The second kappa shape index (κ2) is 9.62. The van der Waals surface area contributed by atoms with Crippen molar-refractivity contribution in [2.24, 2.45) is 5.92 Å². The molecule has 2 aliphatic heterocycles. The number of carbonyl (C=O) groups is 2. The zero-order valence-corrected chi connectivity index (χ0v) is 19.6. The van der Waals surface area contributed by atoms with E-state index in [0.29, 0.717) is 31.8 Å². The number of fused-ring (bicyclic) bond motifs is 1. The molecule has 0 spiro atoms. The summed E-state index contributed by atoms with van der Waals surface area (Å²) in [5, 5.41) is 0. The Bertz CT molecular complexity index is 1020. The highest BCUT2D eigenvalue weighted by Gasteiger charge is 2.33. The quantitative estimate of drug-likeness (QED) is 0.691. The highest BCUT2D eigenvalue weighted by molar-refractivity contribution is 5.95. The van der Waals surface area contributed by atoms with Gasteiger partial charge in [0.05, 0.1) is 6.54 Å². The summed E-state index contributed by atoms with van der Waals surface area (Å²) in [4.78, 5) is 39.8. The van der Waals surface area contributed by atoms with E-state index in [9.17, 15) is 9.59 Å². The Morgan fingerprint density at radius 3 is 2.58 bits per heavy atom. The third-order valence-corrected chi connectivity index (χ3v) is 7.59. The second-order valence-electron chi connectivity index (χ2n) is 9.89. The Labute approximate surface area is 196 Å². The molecule has 6 heteroatoms. The molecule has 2 amide bonds. The largest absolute Gasteiger partial charge is 0.342 e. The third kappa shape index (κ3) is 4.66. The predicted octanol–water partition coefficient (Wildman–Crippen LogP) is 4.55. The first-order chi connectivity index (χ1) is 16.1. The minimum absolute atomic E-state index is 0.119. The first-order valence-electron chi connectivity index (χ1n) is 12.6. The maximum Gasteiger partial charge on any atom is 0.228 e. The van der Waals surface area contributed by atoms with Crippen molar-refractivity contribution in [1.82, 2.24) is 14.9 Å².